The smallest absolute Gasteiger partial charge is 0.287 e. The number of furan rings is 1. The molecule has 0 aromatic carbocycles. The largest absolute Gasteiger partial charge is 0.456 e. The van der Waals surface area contributed by atoms with Crippen LogP contribution >= 0.6 is 0 Å². The van der Waals surface area contributed by atoms with E-state index in [9.17, 15) is 4.79 Å². The van der Waals surface area contributed by atoms with Gasteiger partial charge in [-0.25, -0.2) is 0 Å². The van der Waals surface area contributed by atoms with E-state index in [0.29, 0.717) is 17.6 Å². The molecule has 1 unspecified atom stereocenters. The molecule has 3 nitrogen and oxygen atoms in total. The molecule has 1 heterocycles. The average Bonchev–Trinajstić information content (AvgIpc) is 2.66. The number of carbonyl (C=O) groups excluding carboxylic acids is 1. The molecule has 1 N–H and O–H groups in total. The first kappa shape index (κ1) is 13.2. The van der Waals surface area contributed by atoms with Crippen molar-refractivity contribution in [1.82, 2.24) is 5.32 Å². The molecule has 1 aliphatic rings. The molecule has 0 saturated heterocycles. The molecule has 100 valence electrons. The number of amides is 1. The van der Waals surface area contributed by atoms with Crippen LogP contribution in [0, 0.1) is 25.7 Å². The maximum atomic E-state index is 12.1. The number of nitrogens with one attached hydrogen (secondary N) is 1. The second-order valence-electron chi connectivity index (χ2n) is 5.70. The third kappa shape index (κ3) is 2.60. The van der Waals surface area contributed by atoms with Crippen LogP contribution in [0.2, 0.25) is 0 Å². The standard InChI is InChI=1S/C15H23NO2/c1-9-6-5-7-13(11(9)3)16-15(17)14-8-10(2)12(4)18-14/h8-9,11,13H,5-7H2,1-4H3,(H,16,17)/t9-,11?,13-/m1/s1. The van der Waals surface area contributed by atoms with E-state index < -0.39 is 0 Å². The van der Waals surface area contributed by atoms with Crippen LogP contribution in [0.15, 0.2) is 10.5 Å². The lowest BCUT2D eigenvalue weighted by Gasteiger charge is -2.34. The van der Waals surface area contributed by atoms with E-state index >= 15 is 0 Å². The summed E-state index contributed by atoms with van der Waals surface area (Å²) in [6.45, 7) is 8.34. The summed E-state index contributed by atoms with van der Waals surface area (Å²) < 4.78 is 5.47. The van der Waals surface area contributed by atoms with E-state index in [1.165, 1.54) is 12.8 Å². The fourth-order valence-corrected chi connectivity index (χ4v) is 2.71. The van der Waals surface area contributed by atoms with Gasteiger partial charge in [-0.1, -0.05) is 26.7 Å². The van der Waals surface area contributed by atoms with Gasteiger partial charge in [0.15, 0.2) is 5.76 Å². The first-order valence-corrected chi connectivity index (χ1v) is 6.87. The maximum absolute atomic E-state index is 12.1. The summed E-state index contributed by atoms with van der Waals surface area (Å²) in [7, 11) is 0. The highest BCUT2D eigenvalue weighted by molar-refractivity contribution is 5.92. The summed E-state index contributed by atoms with van der Waals surface area (Å²) >= 11 is 0. The normalized spacial score (nSPS) is 28.1. The minimum atomic E-state index is -0.0721. The van der Waals surface area contributed by atoms with Gasteiger partial charge in [0, 0.05) is 6.04 Å². The molecule has 1 aliphatic carbocycles. The summed E-state index contributed by atoms with van der Waals surface area (Å²) in [5.74, 6) is 2.42. The SMILES string of the molecule is Cc1cc(C(=O)N[C@@H]2CCC[C@@H](C)C2C)oc1C. The molecule has 1 aromatic rings. The van der Waals surface area contributed by atoms with Crippen molar-refractivity contribution in [1.29, 1.82) is 0 Å². The predicted octanol–water partition coefficient (Wildman–Crippen LogP) is 3.45. The Morgan fingerprint density at radius 2 is 2.06 bits per heavy atom. The summed E-state index contributed by atoms with van der Waals surface area (Å²) in [4.78, 5) is 12.1. The summed E-state index contributed by atoms with van der Waals surface area (Å²) in [6, 6.07) is 2.11. The minimum absolute atomic E-state index is 0.0721. The number of hydrogen-bond acceptors (Lipinski definition) is 2. The Hall–Kier alpha value is -1.25. The van der Waals surface area contributed by atoms with Crippen molar-refractivity contribution >= 4 is 5.91 Å². The number of rotatable bonds is 2. The zero-order valence-electron chi connectivity index (χ0n) is 11.7. The Balaban J connectivity index is 2.02. The first-order chi connectivity index (χ1) is 8.49. The highest BCUT2D eigenvalue weighted by atomic mass is 16.3. The van der Waals surface area contributed by atoms with Crippen LogP contribution in [0.4, 0.5) is 0 Å². The van der Waals surface area contributed by atoms with Crippen molar-refractivity contribution in [2.75, 3.05) is 0 Å². The van der Waals surface area contributed by atoms with Gasteiger partial charge >= 0.3 is 0 Å². The van der Waals surface area contributed by atoms with Crippen LogP contribution in [0.5, 0.6) is 0 Å². The zero-order chi connectivity index (χ0) is 13.3. The molecule has 1 amide bonds. The minimum Gasteiger partial charge on any atom is -0.456 e. The van der Waals surface area contributed by atoms with Gasteiger partial charge < -0.3 is 9.73 Å². The van der Waals surface area contributed by atoms with Crippen molar-refractivity contribution in [3.8, 4) is 0 Å². The van der Waals surface area contributed by atoms with Crippen LogP contribution in [0.1, 0.15) is 55.0 Å². The second kappa shape index (κ2) is 5.17. The van der Waals surface area contributed by atoms with Gasteiger partial charge in [-0.2, -0.15) is 0 Å². The molecule has 1 fully saturated rings. The van der Waals surface area contributed by atoms with E-state index in [4.69, 9.17) is 4.42 Å². The molecule has 3 atom stereocenters. The number of aryl methyl sites for hydroxylation is 2. The number of carbonyl (C=O) groups is 1. The van der Waals surface area contributed by atoms with Gasteiger partial charge in [0.1, 0.15) is 5.76 Å². The van der Waals surface area contributed by atoms with Crippen molar-refractivity contribution in [2.45, 2.75) is 53.0 Å². The molecular formula is C15H23NO2. The highest BCUT2D eigenvalue weighted by Gasteiger charge is 2.29. The van der Waals surface area contributed by atoms with Crippen LogP contribution in [0.3, 0.4) is 0 Å². The van der Waals surface area contributed by atoms with Crippen LogP contribution < -0.4 is 5.32 Å². The third-order valence-corrected chi connectivity index (χ3v) is 4.41. The van der Waals surface area contributed by atoms with Crippen LogP contribution in [-0.2, 0) is 0 Å². The second-order valence-corrected chi connectivity index (χ2v) is 5.70. The van der Waals surface area contributed by atoms with Gasteiger partial charge in [0.2, 0.25) is 0 Å². The van der Waals surface area contributed by atoms with E-state index in [2.05, 4.69) is 19.2 Å². The Bertz CT molecular complexity index is 416. The monoisotopic (exact) mass is 249 g/mol. The lowest BCUT2D eigenvalue weighted by Crippen LogP contribution is -2.43. The van der Waals surface area contributed by atoms with Gasteiger partial charge in [-0.05, 0) is 43.7 Å². The van der Waals surface area contributed by atoms with Crippen molar-refractivity contribution < 1.29 is 9.21 Å². The predicted molar refractivity (Wildman–Crippen MR) is 71.6 cm³/mol. The first-order valence-electron chi connectivity index (χ1n) is 6.87. The Morgan fingerprint density at radius 3 is 2.67 bits per heavy atom. The number of hydrogen-bond donors (Lipinski definition) is 1. The van der Waals surface area contributed by atoms with Gasteiger partial charge in [-0.15, -0.1) is 0 Å². The fourth-order valence-electron chi connectivity index (χ4n) is 2.71. The molecular weight excluding hydrogens is 226 g/mol. The lowest BCUT2D eigenvalue weighted by atomic mass is 9.78. The Labute approximate surface area is 109 Å². The van der Waals surface area contributed by atoms with Crippen LogP contribution in [-0.4, -0.2) is 11.9 Å². The van der Waals surface area contributed by atoms with Crippen molar-refractivity contribution in [2.24, 2.45) is 11.8 Å². The van der Waals surface area contributed by atoms with Crippen molar-refractivity contribution in [3.05, 3.63) is 23.2 Å². The molecule has 3 heteroatoms. The Morgan fingerprint density at radius 1 is 1.33 bits per heavy atom. The Kier molecular flexibility index (Phi) is 3.79. The topological polar surface area (TPSA) is 42.2 Å². The molecule has 0 bridgehead atoms. The molecule has 0 aliphatic heterocycles. The maximum Gasteiger partial charge on any atom is 0.287 e. The third-order valence-electron chi connectivity index (χ3n) is 4.41. The zero-order valence-corrected chi connectivity index (χ0v) is 11.7. The van der Waals surface area contributed by atoms with E-state index in [1.807, 2.05) is 19.9 Å². The molecule has 1 saturated carbocycles. The quantitative estimate of drug-likeness (QED) is 0.872. The average molecular weight is 249 g/mol. The van der Waals surface area contributed by atoms with Gasteiger partial charge in [0.25, 0.3) is 5.91 Å². The molecule has 1 aromatic heterocycles. The highest BCUT2D eigenvalue weighted by Crippen LogP contribution is 2.29. The summed E-state index contributed by atoms with van der Waals surface area (Å²) in [5, 5.41) is 3.12. The van der Waals surface area contributed by atoms with E-state index in [0.717, 1.165) is 17.7 Å². The van der Waals surface area contributed by atoms with E-state index in [1.54, 1.807) is 0 Å². The van der Waals surface area contributed by atoms with Gasteiger partial charge in [-0.3, -0.25) is 4.79 Å². The van der Waals surface area contributed by atoms with Gasteiger partial charge in [0.05, 0.1) is 0 Å². The van der Waals surface area contributed by atoms with E-state index in [-0.39, 0.29) is 11.9 Å². The van der Waals surface area contributed by atoms with Crippen LogP contribution in [0.25, 0.3) is 0 Å². The summed E-state index contributed by atoms with van der Waals surface area (Å²) in [6.07, 6.45) is 3.55. The molecule has 0 spiro atoms. The molecule has 18 heavy (non-hydrogen) atoms. The fraction of sp³-hybridized carbons (Fsp3) is 0.667. The molecule has 0 radical (unpaired) electrons. The summed E-state index contributed by atoms with van der Waals surface area (Å²) in [5.41, 5.74) is 1.03. The molecule has 2 rings (SSSR count). The lowest BCUT2D eigenvalue weighted by molar-refractivity contribution is 0.0861. The van der Waals surface area contributed by atoms with Crippen molar-refractivity contribution in [3.63, 3.8) is 0 Å².